The average Bonchev–Trinajstić information content (AvgIpc) is 2.11. The minimum Gasteiger partial charge on any atom is -0.325 e. The largest absolute Gasteiger partial charge is 0.325 e. The summed E-state index contributed by atoms with van der Waals surface area (Å²) in [6.45, 7) is 10.8. The lowest BCUT2D eigenvalue weighted by Gasteiger charge is -2.09. The molecule has 0 aliphatic rings. The Hall–Kier alpha value is -1.02. The molecule has 0 rings (SSSR count). The van der Waals surface area contributed by atoms with Crippen molar-refractivity contribution >= 4 is 17.5 Å². The van der Waals surface area contributed by atoms with Gasteiger partial charge < -0.3 is 5.32 Å². The first-order valence-corrected chi connectivity index (χ1v) is 4.38. The molecule has 0 aromatic rings. The Morgan fingerprint density at radius 1 is 1.62 bits per heavy atom. The molecule has 0 aromatic carbocycles. The lowest BCUT2D eigenvalue weighted by molar-refractivity contribution is -0.120. The third-order valence-electron chi connectivity index (χ3n) is 1.43. The normalized spacial score (nSPS) is 11.6. The quantitative estimate of drug-likeness (QED) is 0.694. The van der Waals surface area contributed by atoms with Crippen LogP contribution in [0.4, 0.5) is 0 Å². The first kappa shape index (κ1) is 12.0. The summed E-state index contributed by atoms with van der Waals surface area (Å²) in [5, 5.41) is 3.07. The van der Waals surface area contributed by atoms with Crippen LogP contribution in [0.15, 0.2) is 35.5 Å². The highest BCUT2D eigenvalue weighted by molar-refractivity contribution is 6.31. The summed E-state index contributed by atoms with van der Waals surface area (Å²) in [6, 6.07) is 0. The van der Waals surface area contributed by atoms with E-state index in [9.17, 15) is 4.79 Å². The maximum absolute atomic E-state index is 11.1. The van der Waals surface area contributed by atoms with Crippen LogP contribution in [0, 0.1) is 0 Å². The smallest absolute Gasteiger partial charge is 0.224 e. The summed E-state index contributed by atoms with van der Waals surface area (Å²) in [5.74, 6) is -0.0852. The Labute approximate surface area is 84.0 Å². The van der Waals surface area contributed by atoms with Gasteiger partial charge in [-0.2, -0.15) is 0 Å². The molecule has 0 heterocycles. The van der Waals surface area contributed by atoms with Crippen molar-refractivity contribution in [3.63, 3.8) is 0 Å². The summed E-state index contributed by atoms with van der Waals surface area (Å²) in [7, 11) is 0. The summed E-state index contributed by atoms with van der Waals surface area (Å²) < 4.78 is 0. The van der Waals surface area contributed by atoms with E-state index >= 15 is 0 Å². The fourth-order valence-electron chi connectivity index (χ4n) is 0.700. The molecule has 0 fully saturated rings. The molecule has 3 heteroatoms. The molecular formula is C10H14ClNO. The van der Waals surface area contributed by atoms with Gasteiger partial charge >= 0.3 is 0 Å². The van der Waals surface area contributed by atoms with E-state index in [2.05, 4.69) is 18.5 Å². The molecule has 13 heavy (non-hydrogen) atoms. The number of halogens is 1. The van der Waals surface area contributed by atoms with E-state index in [1.54, 1.807) is 13.8 Å². The molecule has 0 unspecified atom stereocenters. The Balaban J connectivity index is 4.74. The number of rotatable bonds is 4. The Bertz CT molecular complexity index is 266. The molecule has 0 bridgehead atoms. The van der Waals surface area contributed by atoms with E-state index in [0.29, 0.717) is 22.7 Å². The molecule has 0 aliphatic carbocycles. The second-order valence-electron chi connectivity index (χ2n) is 2.61. The number of hydrogen-bond donors (Lipinski definition) is 1. The van der Waals surface area contributed by atoms with Gasteiger partial charge in [0, 0.05) is 6.42 Å². The molecule has 72 valence electrons. The van der Waals surface area contributed by atoms with Crippen molar-refractivity contribution < 1.29 is 4.79 Å². The van der Waals surface area contributed by atoms with E-state index in [4.69, 9.17) is 11.6 Å². The maximum Gasteiger partial charge on any atom is 0.224 e. The second-order valence-corrected chi connectivity index (χ2v) is 3.02. The zero-order chi connectivity index (χ0) is 10.4. The number of carbonyl (C=O) groups excluding carboxylic acids is 1. The van der Waals surface area contributed by atoms with E-state index in [1.807, 2.05) is 0 Å². The minimum atomic E-state index is -0.0852. The SMILES string of the molecule is C=C/C(Cl)=C(/NC(=O)CC)C(=C)C. The Morgan fingerprint density at radius 3 is 2.46 bits per heavy atom. The van der Waals surface area contributed by atoms with Crippen LogP contribution in [0.25, 0.3) is 0 Å². The van der Waals surface area contributed by atoms with Gasteiger partial charge in [0.25, 0.3) is 0 Å². The van der Waals surface area contributed by atoms with Gasteiger partial charge in [0.15, 0.2) is 0 Å². The molecule has 1 N–H and O–H groups in total. The zero-order valence-corrected chi connectivity index (χ0v) is 8.74. The van der Waals surface area contributed by atoms with Gasteiger partial charge in [0.1, 0.15) is 0 Å². The van der Waals surface area contributed by atoms with Gasteiger partial charge in [-0.05, 0) is 18.6 Å². The molecule has 0 aromatic heterocycles. The van der Waals surface area contributed by atoms with Crippen LogP contribution < -0.4 is 5.32 Å². The second kappa shape index (κ2) is 5.60. The molecule has 0 atom stereocenters. The van der Waals surface area contributed by atoms with Crippen molar-refractivity contribution in [1.82, 2.24) is 5.32 Å². The third-order valence-corrected chi connectivity index (χ3v) is 1.77. The monoisotopic (exact) mass is 199 g/mol. The van der Waals surface area contributed by atoms with Crippen molar-refractivity contribution in [2.24, 2.45) is 0 Å². The fraction of sp³-hybridized carbons (Fsp3) is 0.300. The predicted molar refractivity (Wildman–Crippen MR) is 56.3 cm³/mol. The highest BCUT2D eigenvalue weighted by atomic mass is 35.5. The van der Waals surface area contributed by atoms with Crippen molar-refractivity contribution in [1.29, 1.82) is 0 Å². The highest BCUT2D eigenvalue weighted by Gasteiger charge is 2.06. The van der Waals surface area contributed by atoms with E-state index in [1.165, 1.54) is 6.08 Å². The fourth-order valence-corrected chi connectivity index (χ4v) is 0.909. The van der Waals surface area contributed by atoms with E-state index in [-0.39, 0.29) is 5.91 Å². The number of nitrogens with one attached hydrogen (secondary N) is 1. The molecule has 2 nitrogen and oxygen atoms in total. The third kappa shape index (κ3) is 3.95. The van der Waals surface area contributed by atoms with Crippen LogP contribution in [0.5, 0.6) is 0 Å². The first-order chi connectivity index (χ1) is 6.02. The van der Waals surface area contributed by atoms with Gasteiger partial charge in [-0.25, -0.2) is 0 Å². The summed E-state index contributed by atoms with van der Waals surface area (Å²) >= 11 is 5.81. The van der Waals surface area contributed by atoms with Crippen molar-refractivity contribution in [3.05, 3.63) is 35.5 Å². The van der Waals surface area contributed by atoms with Crippen LogP contribution in [0.3, 0.4) is 0 Å². The summed E-state index contributed by atoms with van der Waals surface area (Å²) in [5.41, 5.74) is 1.26. The molecule has 0 saturated carbocycles. The number of allylic oxidation sites excluding steroid dienone is 3. The molecule has 0 radical (unpaired) electrons. The Morgan fingerprint density at radius 2 is 2.15 bits per heavy atom. The summed E-state index contributed by atoms with van der Waals surface area (Å²) in [4.78, 5) is 11.1. The van der Waals surface area contributed by atoms with Crippen LogP contribution in [-0.2, 0) is 4.79 Å². The summed E-state index contributed by atoms with van der Waals surface area (Å²) in [6.07, 6.45) is 1.89. The number of hydrogen-bond acceptors (Lipinski definition) is 1. The maximum atomic E-state index is 11.1. The topological polar surface area (TPSA) is 29.1 Å². The van der Waals surface area contributed by atoms with Gasteiger partial charge in [0.05, 0.1) is 10.7 Å². The van der Waals surface area contributed by atoms with Crippen LogP contribution in [0.2, 0.25) is 0 Å². The zero-order valence-electron chi connectivity index (χ0n) is 7.98. The molecule has 0 saturated heterocycles. The number of amides is 1. The Kier molecular flexibility index (Phi) is 5.16. The molecule has 0 spiro atoms. The van der Waals surface area contributed by atoms with Gasteiger partial charge in [-0.15, -0.1) is 0 Å². The number of carbonyl (C=O) groups is 1. The van der Waals surface area contributed by atoms with Gasteiger partial charge in [-0.3, -0.25) is 4.79 Å². The highest BCUT2D eigenvalue weighted by Crippen LogP contribution is 2.14. The molecular weight excluding hydrogens is 186 g/mol. The minimum absolute atomic E-state index is 0.0852. The first-order valence-electron chi connectivity index (χ1n) is 4.00. The standard InChI is InChI=1S/C10H14ClNO/c1-5-8(11)10(7(3)4)12-9(13)6-2/h5H,1,3,6H2,2,4H3,(H,12,13)/b10-8-. The molecule has 1 amide bonds. The van der Waals surface area contributed by atoms with Crippen LogP contribution in [0.1, 0.15) is 20.3 Å². The van der Waals surface area contributed by atoms with Crippen LogP contribution >= 0.6 is 11.6 Å². The average molecular weight is 200 g/mol. The van der Waals surface area contributed by atoms with Crippen LogP contribution in [-0.4, -0.2) is 5.91 Å². The lowest BCUT2D eigenvalue weighted by Crippen LogP contribution is -2.22. The van der Waals surface area contributed by atoms with Crippen molar-refractivity contribution in [2.45, 2.75) is 20.3 Å². The van der Waals surface area contributed by atoms with Gasteiger partial charge in [-0.1, -0.05) is 31.7 Å². The molecule has 0 aliphatic heterocycles. The van der Waals surface area contributed by atoms with E-state index < -0.39 is 0 Å². The van der Waals surface area contributed by atoms with E-state index in [0.717, 1.165) is 0 Å². The lowest BCUT2D eigenvalue weighted by atomic mass is 10.2. The predicted octanol–water partition coefficient (Wildman–Crippen LogP) is 2.73. The van der Waals surface area contributed by atoms with Crippen molar-refractivity contribution in [2.75, 3.05) is 0 Å². The van der Waals surface area contributed by atoms with Crippen molar-refractivity contribution in [3.8, 4) is 0 Å². The van der Waals surface area contributed by atoms with Gasteiger partial charge in [0.2, 0.25) is 5.91 Å².